The number of hydrogen-bond acceptors (Lipinski definition) is 3. The van der Waals surface area contributed by atoms with Crippen molar-refractivity contribution in [2.24, 2.45) is 0 Å². The smallest absolute Gasteiger partial charge is 0.330 e. The monoisotopic (exact) mass is 437 g/mol. The number of benzene rings is 3. The second kappa shape index (κ2) is 9.04. The number of carbonyl (C=O) groups excluding carboxylic acids is 2. The maximum Gasteiger partial charge on any atom is 0.330 e. The lowest BCUT2D eigenvalue weighted by atomic mass is 10.1. The number of nitrogens with one attached hydrogen (secondary N) is 1. The first kappa shape index (κ1) is 20.6. The van der Waals surface area contributed by atoms with E-state index in [2.05, 4.69) is 5.32 Å². The van der Waals surface area contributed by atoms with Crippen LogP contribution in [0, 0.1) is 0 Å². The second-order valence-electron chi connectivity index (χ2n) is 7.96. The predicted octanol–water partition coefficient (Wildman–Crippen LogP) is 4.61. The van der Waals surface area contributed by atoms with E-state index in [0.29, 0.717) is 36.8 Å². The number of urea groups is 1. The van der Waals surface area contributed by atoms with Crippen LogP contribution in [0.15, 0.2) is 108 Å². The summed E-state index contributed by atoms with van der Waals surface area (Å²) in [6.45, 7) is 1.37. The zero-order valence-corrected chi connectivity index (χ0v) is 18.0. The Kier molecular flexibility index (Phi) is 5.64. The van der Waals surface area contributed by atoms with Gasteiger partial charge in [0.2, 0.25) is 5.91 Å². The van der Waals surface area contributed by atoms with Gasteiger partial charge in [-0.2, -0.15) is 0 Å². The van der Waals surface area contributed by atoms with Crippen LogP contribution in [-0.4, -0.2) is 23.4 Å². The summed E-state index contributed by atoms with van der Waals surface area (Å²) in [6.07, 6.45) is 3.29. The molecular formula is C27H23N3O3. The molecule has 2 aliphatic rings. The van der Waals surface area contributed by atoms with E-state index in [0.717, 1.165) is 16.7 Å². The second-order valence-corrected chi connectivity index (χ2v) is 7.96. The van der Waals surface area contributed by atoms with Crippen LogP contribution >= 0.6 is 0 Å². The van der Waals surface area contributed by atoms with Crippen LogP contribution in [0.2, 0.25) is 0 Å². The summed E-state index contributed by atoms with van der Waals surface area (Å²) in [5, 5.41) is 2.85. The van der Waals surface area contributed by atoms with Gasteiger partial charge in [-0.15, -0.1) is 0 Å². The van der Waals surface area contributed by atoms with Crippen molar-refractivity contribution in [2.45, 2.75) is 13.2 Å². The summed E-state index contributed by atoms with van der Waals surface area (Å²) in [4.78, 5) is 28.7. The van der Waals surface area contributed by atoms with E-state index in [1.165, 1.54) is 6.08 Å². The van der Waals surface area contributed by atoms with E-state index in [1.54, 1.807) is 16.0 Å². The van der Waals surface area contributed by atoms with Crippen molar-refractivity contribution in [3.8, 4) is 5.75 Å². The van der Waals surface area contributed by atoms with Crippen molar-refractivity contribution in [3.05, 3.63) is 120 Å². The highest BCUT2D eigenvalue weighted by Crippen LogP contribution is 2.28. The molecule has 3 aromatic rings. The molecule has 0 saturated heterocycles. The fourth-order valence-corrected chi connectivity index (χ4v) is 3.89. The number of amides is 3. The average molecular weight is 437 g/mol. The summed E-state index contributed by atoms with van der Waals surface area (Å²) < 4.78 is 5.92. The van der Waals surface area contributed by atoms with E-state index in [4.69, 9.17) is 4.74 Å². The summed E-state index contributed by atoms with van der Waals surface area (Å²) >= 11 is 0. The van der Waals surface area contributed by atoms with Crippen molar-refractivity contribution < 1.29 is 14.3 Å². The van der Waals surface area contributed by atoms with Crippen LogP contribution in [0.5, 0.6) is 5.75 Å². The number of rotatable bonds is 6. The average Bonchev–Trinajstić information content (AvgIpc) is 2.85. The first-order valence-corrected chi connectivity index (χ1v) is 10.8. The molecule has 0 unspecified atom stereocenters. The number of carbonyl (C=O) groups is 2. The molecule has 3 aromatic carbocycles. The minimum absolute atomic E-state index is 0.115. The largest absolute Gasteiger partial charge is 0.489 e. The molecule has 0 bridgehead atoms. The Balaban J connectivity index is 1.35. The maximum atomic E-state index is 12.8. The number of hydrogen-bond donors (Lipinski definition) is 1. The highest BCUT2D eigenvalue weighted by molar-refractivity contribution is 6.00. The van der Waals surface area contributed by atoms with E-state index < -0.39 is 0 Å². The van der Waals surface area contributed by atoms with Gasteiger partial charge in [-0.25, -0.2) is 4.79 Å². The van der Waals surface area contributed by atoms with Crippen LogP contribution in [0.1, 0.15) is 11.1 Å². The topological polar surface area (TPSA) is 61.9 Å². The van der Waals surface area contributed by atoms with E-state index in [9.17, 15) is 9.59 Å². The Labute approximate surface area is 192 Å². The minimum atomic E-state index is -0.311. The predicted molar refractivity (Wildman–Crippen MR) is 126 cm³/mol. The third kappa shape index (κ3) is 4.65. The van der Waals surface area contributed by atoms with Crippen molar-refractivity contribution in [2.75, 3.05) is 11.4 Å². The van der Waals surface area contributed by atoms with Crippen molar-refractivity contribution in [3.63, 3.8) is 0 Å². The Morgan fingerprint density at radius 1 is 0.848 bits per heavy atom. The third-order valence-electron chi connectivity index (χ3n) is 5.59. The minimum Gasteiger partial charge on any atom is -0.489 e. The SMILES string of the molecule is O=C1C=C2NC(=O)N(c3cccc(OCc4ccccc4)c3)C=C2CN1Cc1ccccc1. The van der Waals surface area contributed by atoms with Crippen molar-refractivity contribution in [1.82, 2.24) is 10.2 Å². The summed E-state index contributed by atoms with van der Waals surface area (Å²) in [5.41, 5.74) is 4.25. The molecular weight excluding hydrogens is 414 g/mol. The number of fused-ring (bicyclic) bond motifs is 1. The van der Waals surface area contributed by atoms with Gasteiger partial charge in [0.25, 0.3) is 0 Å². The van der Waals surface area contributed by atoms with Gasteiger partial charge in [-0.05, 0) is 23.3 Å². The summed E-state index contributed by atoms with van der Waals surface area (Å²) in [6, 6.07) is 26.9. The van der Waals surface area contributed by atoms with Crippen molar-refractivity contribution in [1.29, 1.82) is 0 Å². The molecule has 0 aromatic heterocycles. The molecule has 0 spiro atoms. The standard InChI is InChI=1S/C27H23N3O3/c31-26-15-25-22(17-29(26)16-20-8-3-1-4-9-20)18-30(27(32)28-25)23-12-7-13-24(14-23)33-19-21-10-5-2-6-11-21/h1-15,18H,16-17,19H2,(H,28,32). The van der Waals surface area contributed by atoms with Crippen LogP contribution in [0.25, 0.3) is 0 Å². The molecule has 0 saturated carbocycles. The maximum absolute atomic E-state index is 12.8. The molecule has 2 aliphatic heterocycles. The first-order chi connectivity index (χ1) is 16.2. The quantitative estimate of drug-likeness (QED) is 0.613. The Morgan fingerprint density at radius 2 is 1.58 bits per heavy atom. The summed E-state index contributed by atoms with van der Waals surface area (Å²) in [5.74, 6) is 0.560. The van der Waals surface area contributed by atoms with E-state index in [1.807, 2.05) is 84.9 Å². The molecule has 0 radical (unpaired) electrons. The number of anilines is 1. The molecule has 5 rings (SSSR count). The van der Waals surface area contributed by atoms with Gasteiger partial charge in [-0.3, -0.25) is 9.69 Å². The van der Waals surface area contributed by atoms with Gasteiger partial charge in [0.1, 0.15) is 12.4 Å². The normalized spacial score (nSPS) is 15.4. The van der Waals surface area contributed by atoms with E-state index in [-0.39, 0.29) is 11.9 Å². The van der Waals surface area contributed by atoms with Gasteiger partial charge in [-0.1, -0.05) is 66.7 Å². The van der Waals surface area contributed by atoms with Crippen LogP contribution < -0.4 is 15.0 Å². The first-order valence-electron chi connectivity index (χ1n) is 10.8. The van der Waals surface area contributed by atoms with Gasteiger partial charge in [0.05, 0.1) is 11.4 Å². The highest BCUT2D eigenvalue weighted by Gasteiger charge is 2.30. The molecule has 0 fully saturated rings. The van der Waals surface area contributed by atoms with Crippen LogP contribution in [-0.2, 0) is 17.9 Å². The number of ether oxygens (including phenoxy) is 1. The Bertz CT molecular complexity index is 1240. The molecule has 33 heavy (non-hydrogen) atoms. The number of nitrogens with zero attached hydrogens (tertiary/aromatic N) is 2. The lowest BCUT2D eigenvalue weighted by Crippen LogP contribution is -2.46. The third-order valence-corrected chi connectivity index (χ3v) is 5.59. The van der Waals surface area contributed by atoms with Gasteiger partial charge in [0, 0.05) is 37.0 Å². The Morgan fingerprint density at radius 3 is 2.33 bits per heavy atom. The van der Waals surface area contributed by atoms with Gasteiger partial charge >= 0.3 is 6.03 Å². The summed E-state index contributed by atoms with van der Waals surface area (Å²) in [7, 11) is 0. The van der Waals surface area contributed by atoms with E-state index >= 15 is 0 Å². The molecule has 0 atom stereocenters. The molecule has 6 heteroatoms. The van der Waals surface area contributed by atoms with Crippen LogP contribution in [0.3, 0.4) is 0 Å². The van der Waals surface area contributed by atoms with Crippen LogP contribution in [0.4, 0.5) is 10.5 Å². The molecule has 6 nitrogen and oxygen atoms in total. The lowest BCUT2D eigenvalue weighted by Gasteiger charge is -2.34. The lowest BCUT2D eigenvalue weighted by molar-refractivity contribution is -0.126. The zero-order valence-electron chi connectivity index (χ0n) is 18.0. The highest BCUT2D eigenvalue weighted by atomic mass is 16.5. The molecule has 164 valence electrons. The fourth-order valence-electron chi connectivity index (χ4n) is 3.89. The van der Waals surface area contributed by atoms with Gasteiger partial charge < -0.3 is 15.0 Å². The molecule has 1 N–H and O–H groups in total. The van der Waals surface area contributed by atoms with Crippen molar-refractivity contribution >= 4 is 17.6 Å². The Hall–Kier alpha value is -4.32. The van der Waals surface area contributed by atoms with Gasteiger partial charge in [0.15, 0.2) is 0 Å². The fraction of sp³-hybridized carbons (Fsp3) is 0.111. The molecule has 2 heterocycles. The molecule has 0 aliphatic carbocycles. The zero-order chi connectivity index (χ0) is 22.6. The molecule has 3 amide bonds.